The molecule has 0 aliphatic rings. The van der Waals surface area contributed by atoms with Crippen molar-refractivity contribution in [3.63, 3.8) is 0 Å². The van der Waals surface area contributed by atoms with Gasteiger partial charge in [-0.1, -0.05) is 13.8 Å². The van der Waals surface area contributed by atoms with Crippen molar-refractivity contribution in [3.8, 4) is 11.5 Å². The topological polar surface area (TPSA) is 93.9 Å². The maximum absolute atomic E-state index is 12.7. The molecule has 0 unspecified atom stereocenters. The minimum absolute atomic E-state index is 0.187. The lowest BCUT2D eigenvalue weighted by molar-refractivity contribution is 0.394. The minimum Gasteiger partial charge on any atom is -0.497 e. The number of methoxy groups -OCH3 is 2. The van der Waals surface area contributed by atoms with E-state index in [1.54, 1.807) is 52.3 Å². The SMILES string of the molecule is CCN(CC)S(=O)(=O)c1ccc2oc(Nc3cc(OC)cc(OC)c3)nc2c1. The zero-order valence-electron chi connectivity index (χ0n) is 16.2. The predicted octanol–water partition coefficient (Wildman–Crippen LogP) is 3.62. The van der Waals surface area contributed by atoms with Crippen LogP contribution in [-0.2, 0) is 10.0 Å². The molecule has 1 aromatic heterocycles. The van der Waals surface area contributed by atoms with Gasteiger partial charge < -0.3 is 19.2 Å². The summed E-state index contributed by atoms with van der Waals surface area (Å²) in [6.07, 6.45) is 0. The van der Waals surface area contributed by atoms with E-state index < -0.39 is 10.0 Å². The number of hydrogen-bond acceptors (Lipinski definition) is 7. The molecule has 3 rings (SSSR count). The Kier molecular flexibility index (Phi) is 5.76. The molecule has 0 saturated carbocycles. The van der Waals surface area contributed by atoms with Gasteiger partial charge >= 0.3 is 0 Å². The third-order valence-corrected chi connectivity index (χ3v) is 6.35. The summed E-state index contributed by atoms with van der Waals surface area (Å²) >= 11 is 0. The van der Waals surface area contributed by atoms with Gasteiger partial charge in [0.25, 0.3) is 6.01 Å². The highest BCUT2D eigenvalue weighted by Gasteiger charge is 2.22. The maximum Gasteiger partial charge on any atom is 0.300 e. The Hall–Kier alpha value is -2.78. The first-order valence-corrected chi connectivity index (χ1v) is 10.3. The van der Waals surface area contributed by atoms with Crippen molar-refractivity contribution in [2.75, 3.05) is 32.6 Å². The summed E-state index contributed by atoms with van der Waals surface area (Å²) in [4.78, 5) is 4.55. The van der Waals surface area contributed by atoms with Crippen LogP contribution in [-0.4, -0.2) is 45.0 Å². The average Bonchev–Trinajstić information content (AvgIpc) is 3.09. The third-order valence-electron chi connectivity index (χ3n) is 4.30. The van der Waals surface area contributed by atoms with Gasteiger partial charge in [0.05, 0.1) is 19.1 Å². The number of oxazole rings is 1. The zero-order chi connectivity index (χ0) is 20.3. The molecule has 28 heavy (non-hydrogen) atoms. The molecule has 0 aliphatic heterocycles. The molecule has 1 N–H and O–H groups in total. The van der Waals surface area contributed by atoms with Crippen LogP contribution in [0.1, 0.15) is 13.8 Å². The van der Waals surface area contributed by atoms with Gasteiger partial charge in [-0.25, -0.2) is 8.42 Å². The lowest BCUT2D eigenvalue weighted by Gasteiger charge is -2.18. The van der Waals surface area contributed by atoms with Crippen LogP contribution in [0, 0.1) is 0 Å². The molecule has 0 bridgehead atoms. The van der Waals surface area contributed by atoms with Crippen molar-refractivity contribution < 1.29 is 22.3 Å². The summed E-state index contributed by atoms with van der Waals surface area (Å²) in [7, 11) is -0.431. The molecule has 0 fully saturated rings. The lowest BCUT2D eigenvalue weighted by atomic mass is 10.3. The van der Waals surface area contributed by atoms with Crippen LogP contribution in [0.15, 0.2) is 45.7 Å². The molecule has 0 atom stereocenters. The fourth-order valence-electron chi connectivity index (χ4n) is 2.84. The molecule has 1 heterocycles. The summed E-state index contributed by atoms with van der Waals surface area (Å²) in [5, 5.41) is 3.05. The molecule has 0 saturated heterocycles. The Morgan fingerprint density at radius 2 is 1.68 bits per heavy atom. The number of ether oxygens (including phenoxy) is 2. The second-order valence-electron chi connectivity index (χ2n) is 5.96. The van der Waals surface area contributed by atoms with E-state index in [0.717, 1.165) is 0 Å². The molecule has 0 radical (unpaired) electrons. The predicted molar refractivity (Wildman–Crippen MR) is 107 cm³/mol. The highest BCUT2D eigenvalue weighted by molar-refractivity contribution is 7.89. The van der Waals surface area contributed by atoms with E-state index in [0.29, 0.717) is 41.4 Å². The second-order valence-corrected chi connectivity index (χ2v) is 7.90. The van der Waals surface area contributed by atoms with Gasteiger partial charge in [0.15, 0.2) is 5.58 Å². The molecule has 2 aromatic carbocycles. The Bertz CT molecular complexity index is 1050. The fraction of sp³-hybridized carbons (Fsp3) is 0.316. The number of sulfonamides is 1. The maximum atomic E-state index is 12.7. The van der Waals surface area contributed by atoms with Crippen molar-refractivity contribution >= 4 is 32.8 Å². The van der Waals surface area contributed by atoms with Crippen LogP contribution >= 0.6 is 0 Å². The first-order chi connectivity index (χ1) is 13.4. The first kappa shape index (κ1) is 20.0. The number of anilines is 2. The van der Waals surface area contributed by atoms with E-state index >= 15 is 0 Å². The zero-order valence-corrected chi connectivity index (χ0v) is 17.0. The largest absolute Gasteiger partial charge is 0.497 e. The molecule has 8 nitrogen and oxygen atoms in total. The summed E-state index contributed by atoms with van der Waals surface area (Å²) in [6, 6.07) is 10.2. The first-order valence-electron chi connectivity index (χ1n) is 8.82. The van der Waals surface area contributed by atoms with Crippen LogP contribution in [0.5, 0.6) is 11.5 Å². The number of rotatable bonds is 8. The van der Waals surface area contributed by atoms with Crippen LogP contribution in [0.2, 0.25) is 0 Å². The Balaban J connectivity index is 1.93. The summed E-state index contributed by atoms with van der Waals surface area (Å²) < 4.78 is 43.0. The van der Waals surface area contributed by atoms with Crippen molar-refractivity contribution in [3.05, 3.63) is 36.4 Å². The van der Waals surface area contributed by atoms with Crippen molar-refractivity contribution in [2.45, 2.75) is 18.7 Å². The lowest BCUT2D eigenvalue weighted by Crippen LogP contribution is -2.30. The molecule has 150 valence electrons. The third kappa shape index (κ3) is 3.90. The minimum atomic E-state index is -3.56. The highest BCUT2D eigenvalue weighted by atomic mass is 32.2. The number of hydrogen-bond donors (Lipinski definition) is 1. The van der Waals surface area contributed by atoms with E-state index in [1.165, 1.54) is 16.4 Å². The molecule has 3 aromatic rings. The van der Waals surface area contributed by atoms with Crippen molar-refractivity contribution in [1.29, 1.82) is 0 Å². The van der Waals surface area contributed by atoms with Gasteiger partial charge in [0.2, 0.25) is 10.0 Å². The molecular weight excluding hydrogens is 382 g/mol. The van der Waals surface area contributed by atoms with Crippen LogP contribution in [0.25, 0.3) is 11.1 Å². The van der Waals surface area contributed by atoms with Crippen LogP contribution in [0.4, 0.5) is 11.7 Å². The molecule has 9 heteroatoms. The number of aromatic nitrogens is 1. The summed E-state index contributed by atoms with van der Waals surface area (Å²) in [5.74, 6) is 1.23. The van der Waals surface area contributed by atoms with E-state index in [9.17, 15) is 8.42 Å². The molecule has 0 amide bonds. The highest BCUT2D eigenvalue weighted by Crippen LogP contribution is 2.30. The number of benzene rings is 2. The van der Waals surface area contributed by atoms with Gasteiger partial charge in [-0.3, -0.25) is 0 Å². The normalized spacial score (nSPS) is 11.8. The van der Waals surface area contributed by atoms with Gasteiger partial charge in [-0.2, -0.15) is 9.29 Å². The van der Waals surface area contributed by atoms with Gasteiger partial charge in [-0.15, -0.1) is 0 Å². The van der Waals surface area contributed by atoms with Crippen LogP contribution < -0.4 is 14.8 Å². The fourth-order valence-corrected chi connectivity index (χ4v) is 4.32. The number of nitrogens with one attached hydrogen (secondary N) is 1. The number of nitrogens with zero attached hydrogens (tertiary/aromatic N) is 2. The van der Waals surface area contributed by atoms with E-state index in [4.69, 9.17) is 13.9 Å². The van der Waals surface area contributed by atoms with E-state index in [-0.39, 0.29) is 10.9 Å². The Morgan fingerprint density at radius 1 is 1.04 bits per heavy atom. The van der Waals surface area contributed by atoms with Crippen molar-refractivity contribution in [1.82, 2.24) is 9.29 Å². The molecule has 0 aliphatic carbocycles. The van der Waals surface area contributed by atoms with Crippen LogP contribution in [0.3, 0.4) is 0 Å². The average molecular weight is 405 g/mol. The number of fused-ring (bicyclic) bond motifs is 1. The Morgan fingerprint density at radius 3 is 2.25 bits per heavy atom. The summed E-state index contributed by atoms with van der Waals surface area (Å²) in [6.45, 7) is 4.42. The van der Waals surface area contributed by atoms with Crippen molar-refractivity contribution in [2.24, 2.45) is 0 Å². The van der Waals surface area contributed by atoms with E-state index in [1.807, 2.05) is 0 Å². The quantitative estimate of drug-likeness (QED) is 0.612. The molecule has 0 spiro atoms. The van der Waals surface area contributed by atoms with Gasteiger partial charge in [-0.05, 0) is 18.2 Å². The van der Waals surface area contributed by atoms with E-state index in [2.05, 4.69) is 10.3 Å². The monoisotopic (exact) mass is 405 g/mol. The standard InChI is InChI=1S/C19H23N3O5S/c1-5-22(6-2)28(23,24)16-7-8-18-17(12-16)21-19(27-18)20-13-9-14(25-3)11-15(10-13)26-4/h7-12H,5-6H2,1-4H3,(H,20,21). The van der Waals surface area contributed by atoms with Gasteiger partial charge in [0, 0.05) is 37.0 Å². The Labute approximate surface area is 164 Å². The smallest absolute Gasteiger partial charge is 0.300 e. The second kappa shape index (κ2) is 8.07. The van der Waals surface area contributed by atoms with Gasteiger partial charge in [0.1, 0.15) is 17.0 Å². The molecular formula is C19H23N3O5S. The summed E-state index contributed by atoms with van der Waals surface area (Å²) in [5.41, 5.74) is 1.60.